The van der Waals surface area contributed by atoms with Crippen molar-refractivity contribution in [3.8, 4) is 17.6 Å². The van der Waals surface area contributed by atoms with Crippen LogP contribution in [0.1, 0.15) is 29.4 Å². The Hall–Kier alpha value is -3.95. The molecule has 0 spiro atoms. The van der Waals surface area contributed by atoms with Crippen LogP contribution >= 0.6 is 0 Å². The van der Waals surface area contributed by atoms with E-state index in [1.54, 1.807) is 43.3 Å². The number of rotatable bonds is 9. The molecule has 0 bridgehead atoms. The minimum atomic E-state index is -4.49. The van der Waals surface area contributed by atoms with Crippen LogP contribution in [0.4, 0.5) is 28.9 Å². The number of anilines is 2. The number of esters is 1. The van der Waals surface area contributed by atoms with Gasteiger partial charge in [0.2, 0.25) is 0 Å². The highest BCUT2D eigenvalue weighted by Gasteiger charge is 2.32. The summed E-state index contributed by atoms with van der Waals surface area (Å²) in [7, 11) is 2.72. The number of aliphatic hydroxyl groups is 1. The Labute approximate surface area is 241 Å². The van der Waals surface area contributed by atoms with Gasteiger partial charge in [-0.05, 0) is 55.7 Å². The van der Waals surface area contributed by atoms with Crippen molar-refractivity contribution in [2.24, 2.45) is 0 Å². The van der Waals surface area contributed by atoms with E-state index in [0.717, 1.165) is 4.57 Å². The van der Waals surface area contributed by atoms with Gasteiger partial charge >= 0.3 is 12.1 Å². The van der Waals surface area contributed by atoms with Crippen LogP contribution in [-0.2, 0) is 11.3 Å². The van der Waals surface area contributed by atoms with Gasteiger partial charge in [0, 0.05) is 30.7 Å². The number of nitrogens with zero attached hydrogens (tertiary/aromatic N) is 2. The number of halogens is 4. The molecular formula is C30H34F4N4O4. The number of aromatic nitrogens is 1. The van der Waals surface area contributed by atoms with Gasteiger partial charge in [-0.2, -0.15) is 13.2 Å². The fourth-order valence-corrected chi connectivity index (χ4v) is 5.09. The summed E-state index contributed by atoms with van der Waals surface area (Å²) in [5.41, 5.74) is 1.87. The molecular weight excluding hydrogens is 556 g/mol. The third-order valence-electron chi connectivity index (χ3n) is 6.98. The summed E-state index contributed by atoms with van der Waals surface area (Å²) >= 11 is 0. The molecule has 3 atom stereocenters. The number of piperidine rings is 1. The molecule has 2 aromatic carbocycles. The van der Waals surface area contributed by atoms with Crippen molar-refractivity contribution < 1.29 is 36.9 Å². The second-order valence-corrected chi connectivity index (χ2v) is 10.2. The van der Waals surface area contributed by atoms with E-state index in [9.17, 15) is 23.1 Å². The molecule has 8 nitrogen and oxygen atoms in total. The highest BCUT2D eigenvalue weighted by Crippen LogP contribution is 2.32. The van der Waals surface area contributed by atoms with E-state index >= 15 is 4.39 Å². The third kappa shape index (κ3) is 7.66. The van der Waals surface area contributed by atoms with Crippen molar-refractivity contribution in [2.45, 2.75) is 44.4 Å². The lowest BCUT2D eigenvalue weighted by atomic mass is 10.0. The van der Waals surface area contributed by atoms with Crippen molar-refractivity contribution in [1.82, 2.24) is 9.47 Å². The maximum atomic E-state index is 15.0. The van der Waals surface area contributed by atoms with E-state index < -0.39 is 37.0 Å². The number of carbonyl (C=O) groups excluding carboxylic acids is 1. The van der Waals surface area contributed by atoms with E-state index in [2.05, 4.69) is 22.5 Å². The molecule has 1 aliphatic heterocycles. The topological polar surface area (TPSA) is 88.0 Å². The summed E-state index contributed by atoms with van der Waals surface area (Å²) < 4.78 is 66.9. The molecule has 3 aromatic rings. The second-order valence-electron chi connectivity index (χ2n) is 10.2. The van der Waals surface area contributed by atoms with Crippen molar-refractivity contribution >= 4 is 28.2 Å². The molecule has 226 valence electrons. The lowest BCUT2D eigenvalue weighted by Gasteiger charge is -2.36. The molecule has 0 amide bonds. The lowest BCUT2D eigenvalue weighted by molar-refractivity contribution is -0.140. The highest BCUT2D eigenvalue weighted by atomic mass is 19.4. The van der Waals surface area contributed by atoms with Gasteiger partial charge in [0.15, 0.2) is 0 Å². The number of methoxy groups -OCH3 is 2. The first kappa shape index (κ1) is 31.0. The number of benzene rings is 2. The molecule has 1 unspecified atom stereocenters. The SMILES string of the molecule is COC(=O)c1ccc(NCC#Cc2cc3c(N[C@@H]4CCN(CC(C)O)C[C@@H]4F)cccc3n2CC(F)(F)F)c(OC)c1. The first-order valence-electron chi connectivity index (χ1n) is 13.5. The lowest BCUT2D eigenvalue weighted by Crippen LogP contribution is -2.49. The molecule has 0 saturated carbocycles. The second kappa shape index (κ2) is 13.4. The van der Waals surface area contributed by atoms with Gasteiger partial charge in [0.05, 0.1) is 55.4 Å². The zero-order valence-corrected chi connectivity index (χ0v) is 23.6. The van der Waals surface area contributed by atoms with Gasteiger partial charge in [-0.3, -0.25) is 4.90 Å². The molecule has 12 heteroatoms. The van der Waals surface area contributed by atoms with Gasteiger partial charge in [0.25, 0.3) is 0 Å². The first-order valence-corrected chi connectivity index (χ1v) is 13.5. The number of alkyl halides is 4. The van der Waals surface area contributed by atoms with Crippen LogP contribution in [0.25, 0.3) is 10.9 Å². The zero-order valence-electron chi connectivity index (χ0n) is 23.6. The van der Waals surface area contributed by atoms with Gasteiger partial charge in [-0.1, -0.05) is 12.0 Å². The number of hydrogen-bond acceptors (Lipinski definition) is 7. The van der Waals surface area contributed by atoms with Crippen LogP contribution in [0.15, 0.2) is 42.5 Å². The number of β-amino-alcohol motifs (C(OH)–C–C–N with tert-alkyl or cyclic N) is 1. The molecule has 0 radical (unpaired) electrons. The summed E-state index contributed by atoms with van der Waals surface area (Å²) in [4.78, 5) is 13.6. The fraction of sp³-hybridized carbons (Fsp3) is 0.433. The van der Waals surface area contributed by atoms with Gasteiger partial charge < -0.3 is 29.8 Å². The van der Waals surface area contributed by atoms with Crippen molar-refractivity contribution in [2.75, 3.05) is 51.0 Å². The monoisotopic (exact) mass is 590 g/mol. The Morgan fingerprint density at radius 3 is 2.64 bits per heavy atom. The molecule has 42 heavy (non-hydrogen) atoms. The van der Waals surface area contributed by atoms with Gasteiger partial charge in [-0.15, -0.1) is 0 Å². The van der Waals surface area contributed by atoms with Crippen molar-refractivity contribution in [1.29, 1.82) is 0 Å². The number of hydrogen-bond donors (Lipinski definition) is 3. The molecule has 0 aliphatic carbocycles. The summed E-state index contributed by atoms with van der Waals surface area (Å²) in [5, 5.41) is 16.4. The number of ether oxygens (including phenoxy) is 2. The van der Waals surface area contributed by atoms with E-state index in [1.165, 1.54) is 20.3 Å². The van der Waals surface area contributed by atoms with Crippen LogP contribution in [-0.4, -0.2) is 85.4 Å². The predicted molar refractivity (Wildman–Crippen MR) is 153 cm³/mol. The number of aliphatic hydroxyl groups excluding tert-OH is 1. The Morgan fingerprint density at radius 2 is 1.98 bits per heavy atom. The summed E-state index contributed by atoms with van der Waals surface area (Å²) in [5.74, 6) is 5.56. The maximum absolute atomic E-state index is 15.0. The Kier molecular flexibility index (Phi) is 9.85. The van der Waals surface area contributed by atoms with Crippen LogP contribution in [0.3, 0.4) is 0 Å². The van der Waals surface area contributed by atoms with Crippen LogP contribution in [0, 0.1) is 11.8 Å². The number of carbonyl (C=O) groups is 1. The Balaban J connectivity index is 1.56. The van der Waals surface area contributed by atoms with E-state index in [4.69, 9.17) is 9.47 Å². The van der Waals surface area contributed by atoms with Crippen LogP contribution < -0.4 is 15.4 Å². The first-order chi connectivity index (χ1) is 20.0. The third-order valence-corrected chi connectivity index (χ3v) is 6.98. The Bertz CT molecular complexity index is 1460. The normalized spacial score (nSPS) is 18.2. The van der Waals surface area contributed by atoms with Crippen molar-refractivity contribution in [3.05, 3.63) is 53.7 Å². The zero-order chi connectivity index (χ0) is 30.4. The smallest absolute Gasteiger partial charge is 0.406 e. The molecule has 2 heterocycles. The largest absolute Gasteiger partial charge is 0.495 e. The molecule has 3 N–H and O–H groups in total. The highest BCUT2D eigenvalue weighted by molar-refractivity contribution is 5.94. The summed E-state index contributed by atoms with van der Waals surface area (Å²) in [6.45, 7) is 1.64. The molecule has 1 fully saturated rings. The average Bonchev–Trinajstić information content (AvgIpc) is 3.28. The summed E-state index contributed by atoms with van der Waals surface area (Å²) in [6, 6.07) is 10.7. The molecule has 4 rings (SSSR count). The minimum Gasteiger partial charge on any atom is -0.495 e. The Morgan fingerprint density at radius 1 is 1.19 bits per heavy atom. The maximum Gasteiger partial charge on any atom is 0.406 e. The summed E-state index contributed by atoms with van der Waals surface area (Å²) in [6.07, 6.45) is -5.78. The molecule has 1 saturated heterocycles. The van der Waals surface area contributed by atoms with Gasteiger partial charge in [-0.25, -0.2) is 9.18 Å². The number of likely N-dealkylation sites (tertiary alicyclic amines) is 1. The van der Waals surface area contributed by atoms with E-state index in [1.807, 2.05) is 4.90 Å². The number of fused-ring (bicyclic) bond motifs is 1. The quantitative estimate of drug-likeness (QED) is 0.190. The van der Waals surface area contributed by atoms with E-state index in [0.29, 0.717) is 53.1 Å². The van der Waals surface area contributed by atoms with E-state index in [-0.39, 0.29) is 18.8 Å². The van der Waals surface area contributed by atoms with Gasteiger partial charge in [0.1, 0.15) is 18.5 Å². The van der Waals surface area contributed by atoms with Crippen molar-refractivity contribution in [3.63, 3.8) is 0 Å². The minimum absolute atomic E-state index is 0.0845. The molecule has 1 aromatic heterocycles. The average molecular weight is 591 g/mol. The predicted octanol–water partition coefficient (Wildman–Crippen LogP) is 4.67. The standard InChI is InChI=1S/C30H34F4N4O4/c1-19(39)16-37-13-11-25(23(31)17-37)36-24-7-4-8-27-22(24)15-21(38(27)18-30(32,33)34)6-5-12-35-26-10-9-20(29(40)42-3)14-28(26)41-2/h4,7-10,14-15,19,23,25,35-36,39H,11-13,16-18H2,1-3H3/t19?,23-,25+/m0/s1. The number of nitrogens with one attached hydrogen (secondary N) is 2. The van der Waals surface area contributed by atoms with Crippen LogP contribution in [0.5, 0.6) is 5.75 Å². The fourth-order valence-electron chi connectivity index (χ4n) is 5.09. The van der Waals surface area contributed by atoms with Crippen LogP contribution in [0.2, 0.25) is 0 Å². The molecule has 1 aliphatic rings.